The molecule has 1 aromatic carbocycles. The molecule has 1 aromatic rings. The largest absolute Gasteiger partial charge is 0.495 e. The summed E-state index contributed by atoms with van der Waals surface area (Å²) >= 11 is 0. The second-order valence-electron chi connectivity index (χ2n) is 6.60. The average molecular weight is 307 g/mol. The van der Waals surface area contributed by atoms with E-state index in [4.69, 9.17) is 9.31 Å². The lowest BCUT2D eigenvalue weighted by molar-refractivity contribution is 0.00578. The molecule has 0 aliphatic carbocycles. The Hall–Kier alpha value is -1.40. The Balaban J connectivity index is 2.19. The predicted molar refractivity (Wildman–Crippen MR) is 85.2 cm³/mol. The molecule has 0 bridgehead atoms. The fraction of sp³-hybridized carbons (Fsp3) is 0.562. The van der Waals surface area contributed by atoms with E-state index in [9.17, 15) is 9.18 Å². The summed E-state index contributed by atoms with van der Waals surface area (Å²) in [5.74, 6) is -0.277. The van der Waals surface area contributed by atoms with Crippen LogP contribution in [-0.4, -0.2) is 37.4 Å². The number of carbonyl (C=O) groups is 1. The molecule has 2 rings (SSSR count). The van der Waals surface area contributed by atoms with Crippen LogP contribution >= 0.6 is 0 Å². The molecule has 120 valence electrons. The molecule has 1 amide bonds. The topological polar surface area (TPSA) is 47.6 Å². The van der Waals surface area contributed by atoms with Gasteiger partial charge in [-0.25, -0.2) is 4.39 Å². The lowest BCUT2D eigenvalue weighted by Gasteiger charge is -2.32. The molecule has 1 N–H and O–H groups in total. The molecule has 6 heteroatoms. The van der Waals surface area contributed by atoms with Crippen molar-refractivity contribution >= 4 is 18.5 Å². The smallest absolute Gasteiger partial charge is 0.399 e. The van der Waals surface area contributed by atoms with Gasteiger partial charge in [0.1, 0.15) is 6.67 Å². The second-order valence-corrected chi connectivity index (χ2v) is 6.60. The molecule has 1 aliphatic heterocycles. The summed E-state index contributed by atoms with van der Waals surface area (Å²) in [4.78, 5) is 11.9. The minimum Gasteiger partial charge on any atom is -0.399 e. The van der Waals surface area contributed by atoms with Gasteiger partial charge >= 0.3 is 7.12 Å². The summed E-state index contributed by atoms with van der Waals surface area (Å²) in [5, 5.41) is 2.51. The number of halogens is 1. The summed E-state index contributed by atoms with van der Waals surface area (Å²) in [6, 6.07) is 5.32. The van der Waals surface area contributed by atoms with Crippen molar-refractivity contribution in [3.05, 3.63) is 29.3 Å². The first-order valence-corrected chi connectivity index (χ1v) is 7.48. The second kappa shape index (κ2) is 6.01. The highest BCUT2D eigenvalue weighted by molar-refractivity contribution is 6.62. The van der Waals surface area contributed by atoms with Crippen molar-refractivity contribution in [1.82, 2.24) is 5.32 Å². The standard InChI is InChI=1S/C16H23BFNO3/c1-11-10-12(14(20)19-9-8-18)6-7-13(11)17-21-15(2,3)16(4,5)22-17/h6-7,10H,8-9H2,1-5H3,(H,19,20). The normalized spacial score (nSPS) is 19.3. The van der Waals surface area contributed by atoms with Gasteiger partial charge in [0, 0.05) is 12.1 Å². The first-order chi connectivity index (χ1) is 10.2. The van der Waals surface area contributed by atoms with E-state index in [0.29, 0.717) is 5.56 Å². The highest BCUT2D eigenvalue weighted by Gasteiger charge is 2.52. The summed E-state index contributed by atoms with van der Waals surface area (Å²) in [5.41, 5.74) is 1.51. The van der Waals surface area contributed by atoms with E-state index in [0.717, 1.165) is 11.0 Å². The number of amides is 1. The molecular formula is C16H23BFNO3. The number of hydrogen-bond donors (Lipinski definition) is 1. The van der Waals surface area contributed by atoms with Crippen LogP contribution < -0.4 is 10.8 Å². The van der Waals surface area contributed by atoms with Gasteiger partial charge in [-0.3, -0.25) is 4.79 Å². The maximum atomic E-state index is 12.1. The van der Waals surface area contributed by atoms with Crippen LogP contribution in [0.15, 0.2) is 18.2 Å². The highest BCUT2D eigenvalue weighted by Crippen LogP contribution is 2.36. The molecule has 1 aliphatic rings. The Morgan fingerprint density at radius 2 is 1.82 bits per heavy atom. The van der Waals surface area contributed by atoms with Crippen LogP contribution in [0.2, 0.25) is 0 Å². The Bertz CT molecular complexity index is 559. The number of rotatable bonds is 4. The third-order valence-electron chi connectivity index (χ3n) is 4.42. The van der Waals surface area contributed by atoms with E-state index >= 15 is 0 Å². The Kier molecular flexibility index (Phi) is 4.63. The zero-order valence-corrected chi connectivity index (χ0v) is 13.8. The van der Waals surface area contributed by atoms with E-state index in [1.807, 2.05) is 40.7 Å². The van der Waals surface area contributed by atoms with Crippen molar-refractivity contribution in [2.75, 3.05) is 13.2 Å². The van der Waals surface area contributed by atoms with Gasteiger partial charge in [0.2, 0.25) is 0 Å². The lowest BCUT2D eigenvalue weighted by atomic mass is 9.76. The minimum atomic E-state index is -0.573. The summed E-state index contributed by atoms with van der Waals surface area (Å²) in [6.07, 6.45) is 0. The van der Waals surface area contributed by atoms with Crippen molar-refractivity contribution < 1.29 is 18.5 Å². The Morgan fingerprint density at radius 1 is 1.23 bits per heavy atom. The van der Waals surface area contributed by atoms with Crippen molar-refractivity contribution in [3.8, 4) is 0 Å². The van der Waals surface area contributed by atoms with E-state index in [1.54, 1.807) is 12.1 Å². The number of carbonyl (C=O) groups excluding carboxylic acids is 1. The van der Waals surface area contributed by atoms with E-state index in [2.05, 4.69) is 5.32 Å². The molecule has 0 spiro atoms. The van der Waals surface area contributed by atoms with Crippen molar-refractivity contribution in [2.45, 2.75) is 45.8 Å². The van der Waals surface area contributed by atoms with Crippen LogP contribution in [-0.2, 0) is 9.31 Å². The summed E-state index contributed by atoms with van der Waals surface area (Å²) in [6.45, 7) is 9.37. The van der Waals surface area contributed by atoms with Crippen molar-refractivity contribution in [3.63, 3.8) is 0 Å². The van der Waals surface area contributed by atoms with Gasteiger partial charge in [0.05, 0.1) is 11.2 Å². The molecular weight excluding hydrogens is 284 g/mol. The van der Waals surface area contributed by atoms with Gasteiger partial charge in [0.15, 0.2) is 0 Å². The van der Waals surface area contributed by atoms with E-state index in [1.165, 1.54) is 0 Å². The molecule has 22 heavy (non-hydrogen) atoms. The number of benzene rings is 1. The minimum absolute atomic E-state index is 0.0247. The first kappa shape index (κ1) is 17.0. The molecule has 4 nitrogen and oxygen atoms in total. The maximum Gasteiger partial charge on any atom is 0.495 e. The SMILES string of the molecule is Cc1cc(C(=O)NCCF)ccc1B1OC(C)(C)C(C)(C)O1. The summed E-state index contributed by atoms with van der Waals surface area (Å²) in [7, 11) is -0.451. The van der Waals surface area contributed by atoms with Gasteiger partial charge in [-0.1, -0.05) is 11.6 Å². The van der Waals surface area contributed by atoms with Crippen LogP contribution in [0.1, 0.15) is 43.6 Å². The molecule has 0 radical (unpaired) electrons. The first-order valence-electron chi connectivity index (χ1n) is 7.48. The number of aryl methyl sites for hydroxylation is 1. The van der Waals surface area contributed by atoms with Gasteiger partial charge < -0.3 is 14.6 Å². The molecule has 1 saturated heterocycles. The maximum absolute atomic E-state index is 12.1. The highest BCUT2D eigenvalue weighted by atomic mass is 19.1. The fourth-order valence-electron chi connectivity index (χ4n) is 2.31. The molecule has 0 saturated carbocycles. The summed E-state index contributed by atoms with van der Waals surface area (Å²) < 4.78 is 24.2. The number of nitrogens with one attached hydrogen (secondary N) is 1. The lowest BCUT2D eigenvalue weighted by Crippen LogP contribution is -2.41. The zero-order chi connectivity index (χ0) is 16.5. The Morgan fingerprint density at radius 3 is 2.32 bits per heavy atom. The Labute approximate surface area is 131 Å². The number of alkyl halides is 1. The van der Waals surface area contributed by atoms with Gasteiger partial charge in [-0.15, -0.1) is 0 Å². The molecule has 1 heterocycles. The van der Waals surface area contributed by atoms with Crippen LogP contribution in [0.3, 0.4) is 0 Å². The predicted octanol–water partition coefficient (Wildman–Crippen LogP) is 1.99. The molecule has 0 atom stereocenters. The average Bonchev–Trinajstić information content (AvgIpc) is 2.64. The number of hydrogen-bond acceptors (Lipinski definition) is 3. The van der Waals surface area contributed by atoms with Crippen LogP contribution in [0.5, 0.6) is 0 Å². The third kappa shape index (κ3) is 3.18. The van der Waals surface area contributed by atoms with Gasteiger partial charge in [0.25, 0.3) is 5.91 Å². The van der Waals surface area contributed by atoms with E-state index < -0.39 is 25.0 Å². The molecule has 0 aromatic heterocycles. The third-order valence-corrected chi connectivity index (χ3v) is 4.42. The quantitative estimate of drug-likeness (QED) is 0.866. The van der Waals surface area contributed by atoms with Crippen LogP contribution in [0, 0.1) is 6.92 Å². The zero-order valence-electron chi connectivity index (χ0n) is 13.8. The van der Waals surface area contributed by atoms with Crippen LogP contribution in [0.4, 0.5) is 4.39 Å². The molecule has 1 fully saturated rings. The van der Waals surface area contributed by atoms with Gasteiger partial charge in [-0.05, 0) is 52.2 Å². The van der Waals surface area contributed by atoms with Crippen LogP contribution in [0.25, 0.3) is 0 Å². The monoisotopic (exact) mass is 307 g/mol. The fourth-order valence-corrected chi connectivity index (χ4v) is 2.31. The van der Waals surface area contributed by atoms with Gasteiger partial charge in [-0.2, -0.15) is 0 Å². The molecule has 0 unspecified atom stereocenters. The van der Waals surface area contributed by atoms with Crippen molar-refractivity contribution in [1.29, 1.82) is 0 Å². The van der Waals surface area contributed by atoms with Crippen molar-refractivity contribution in [2.24, 2.45) is 0 Å². The van der Waals surface area contributed by atoms with E-state index in [-0.39, 0.29) is 12.5 Å².